The number of carbonyl (C=O) groups is 2. The van der Waals surface area contributed by atoms with E-state index in [1.165, 1.54) is 13.0 Å². The summed E-state index contributed by atoms with van der Waals surface area (Å²) in [5.41, 5.74) is 0.740. The van der Waals surface area contributed by atoms with E-state index in [4.69, 9.17) is 0 Å². The summed E-state index contributed by atoms with van der Waals surface area (Å²) in [6, 6.07) is 3.72. The predicted octanol–water partition coefficient (Wildman–Crippen LogP) is 1.51. The van der Waals surface area contributed by atoms with Crippen LogP contribution in [0.3, 0.4) is 0 Å². The summed E-state index contributed by atoms with van der Waals surface area (Å²) in [6.07, 6.45) is 0. The van der Waals surface area contributed by atoms with Crippen molar-refractivity contribution >= 4 is 30.1 Å². The quantitative estimate of drug-likeness (QED) is 0.726. The molecular formula is C12H15FN2O2S. The van der Waals surface area contributed by atoms with E-state index >= 15 is 0 Å². The molecule has 0 aromatic heterocycles. The predicted molar refractivity (Wildman–Crippen MR) is 71.2 cm³/mol. The lowest BCUT2D eigenvalue weighted by Crippen LogP contribution is -2.44. The monoisotopic (exact) mass is 270 g/mol. The van der Waals surface area contributed by atoms with E-state index in [1.807, 2.05) is 0 Å². The molecule has 0 fully saturated rings. The average molecular weight is 270 g/mol. The average Bonchev–Trinajstić information content (AvgIpc) is 2.30. The van der Waals surface area contributed by atoms with Gasteiger partial charge in [-0.05, 0) is 18.6 Å². The van der Waals surface area contributed by atoms with E-state index in [1.54, 1.807) is 19.1 Å². The Morgan fingerprint density at radius 3 is 2.61 bits per heavy atom. The van der Waals surface area contributed by atoms with Gasteiger partial charge in [0.2, 0.25) is 11.8 Å². The summed E-state index contributed by atoms with van der Waals surface area (Å²) in [4.78, 5) is 22.7. The van der Waals surface area contributed by atoms with Gasteiger partial charge in [0.15, 0.2) is 0 Å². The number of amides is 2. The summed E-state index contributed by atoms with van der Waals surface area (Å²) >= 11 is 3.98. The van der Waals surface area contributed by atoms with Gasteiger partial charge in [-0.3, -0.25) is 9.59 Å². The zero-order valence-electron chi connectivity index (χ0n) is 10.2. The Hall–Kier alpha value is -1.56. The second-order valence-electron chi connectivity index (χ2n) is 3.86. The number of nitrogens with one attached hydrogen (secondary N) is 2. The molecule has 0 aliphatic heterocycles. The van der Waals surface area contributed by atoms with Crippen LogP contribution in [0.15, 0.2) is 18.2 Å². The Morgan fingerprint density at radius 2 is 2.11 bits per heavy atom. The highest BCUT2D eigenvalue weighted by atomic mass is 32.1. The van der Waals surface area contributed by atoms with Gasteiger partial charge in [0.1, 0.15) is 11.9 Å². The van der Waals surface area contributed by atoms with Crippen LogP contribution in [0.25, 0.3) is 0 Å². The summed E-state index contributed by atoms with van der Waals surface area (Å²) < 4.78 is 13.5. The lowest BCUT2D eigenvalue weighted by Gasteiger charge is -2.16. The highest BCUT2D eigenvalue weighted by molar-refractivity contribution is 7.80. The Bertz CT molecular complexity index is 445. The van der Waals surface area contributed by atoms with E-state index in [2.05, 4.69) is 23.3 Å². The van der Waals surface area contributed by atoms with Crippen LogP contribution >= 0.6 is 12.6 Å². The molecule has 1 unspecified atom stereocenters. The summed E-state index contributed by atoms with van der Waals surface area (Å²) in [7, 11) is 0. The second-order valence-corrected chi connectivity index (χ2v) is 4.22. The number of anilines is 1. The van der Waals surface area contributed by atoms with E-state index in [0.29, 0.717) is 5.56 Å². The number of aryl methyl sites for hydroxylation is 1. The fourth-order valence-electron chi connectivity index (χ4n) is 1.44. The highest BCUT2D eigenvalue weighted by Gasteiger charge is 2.19. The molecule has 1 aromatic carbocycles. The zero-order valence-corrected chi connectivity index (χ0v) is 11.1. The van der Waals surface area contributed by atoms with Gasteiger partial charge in [-0.25, -0.2) is 4.39 Å². The zero-order chi connectivity index (χ0) is 13.7. The van der Waals surface area contributed by atoms with E-state index in [-0.39, 0.29) is 17.3 Å². The molecule has 0 bridgehead atoms. The maximum Gasteiger partial charge on any atom is 0.247 e. The van der Waals surface area contributed by atoms with Crippen LogP contribution in [-0.2, 0) is 9.59 Å². The number of benzene rings is 1. The van der Waals surface area contributed by atoms with Crippen molar-refractivity contribution in [1.29, 1.82) is 0 Å². The van der Waals surface area contributed by atoms with Gasteiger partial charge in [-0.15, -0.1) is 0 Å². The van der Waals surface area contributed by atoms with Gasteiger partial charge in [-0.1, -0.05) is 12.1 Å². The fourth-order valence-corrected chi connectivity index (χ4v) is 1.70. The Labute approximate surface area is 110 Å². The van der Waals surface area contributed by atoms with Crippen LogP contribution in [-0.4, -0.2) is 23.6 Å². The van der Waals surface area contributed by atoms with Crippen LogP contribution in [0.2, 0.25) is 0 Å². The maximum absolute atomic E-state index is 13.5. The molecule has 98 valence electrons. The topological polar surface area (TPSA) is 58.2 Å². The minimum Gasteiger partial charge on any atom is -0.344 e. The first-order valence-corrected chi connectivity index (χ1v) is 6.03. The molecule has 0 spiro atoms. The Morgan fingerprint density at radius 1 is 1.44 bits per heavy atom. The second kappa shape index (κ2) is 6.39. The number of rotatable bonds is 4. The first kappa shape index (κ1) is 14.5. The lowest BCUT2D eigenvalue weighted by atomic mass is 10.2. The summed E-state index contributed by atoms with van der Waals surface area (Å²) in [6.45, 7) is 2.99. The largest absolute Gasteiger partial charge is 0.344 e. The van der Waals surface area contributed by atoms with Crippen LogP contribution in [0.5, 0.6) is 0 Å². The van der Waals surface area contributed by atoms with Gasteiger partial charge in [0, 0.05) is 12.7 Å². The summed E-state index contributed by atoms with van der Waals surface area (Å²) in [5, 5.41) is 4.90. The van der Waals surface area contributed by atoms with Crippen molar-refractivity contribution in [3.05, 3.63) is 29.6 Å². The van der Waals surface area contributed by atoms with E-state index in [0.717, 1.165) is 0 Å². The normalized spacial score (nSPS) is 11.8. The van der Waals surface area contributed by atoms with Crippen LogP contribution in [0.4, 0.5) is 10.1 Å². The van der Waals surface area contributed by atoms with Gasteiger partial charge in [0.05, 0.1) is 5.69 Å². The molecule has 0 saturated carbocycles. The standard InChI is InChI=1S/C12H15FN2O2S/c1-7-4-3-5-9(13)11(7)15-12(17)10(6-18)14-8(2)16/h3-5,10,18H,6H2,1-2H3,(H,14,16)(H,15,17). The fraction of sp³-hybridized carbons (Fsp3) is 0.333. The molecule has 0 aliphatic carbocycles. The summed E-state index contributed by atoms with van der Waals surface area (Å²) in [5.74, 6) is -1.20. The van der Waals surface area contributed by atoms with E-state index < -0.39 is 17.8 Å². The molecule has 18 heavy (non-hydrogen) atoms. The van der Waals surface area contributed by atoms with Crippen LogP contribution in [0.1, 0.15) is 12.5 Å². The molecule has 2 amide bonds. The van der Waals surface area contributed by atoms with Gasteiger partial charge in [-0.2, -0.15) is 12.6 Å². The van der Waals surface area contributed by atoms with Gasteiger partial charge in [0.25, 0.3) is 0 Å². The van der Waals surface area contributed by atoms with Crippen molar-refractivity contribution in [3.8, 4) is 0 Å². The number of hydrogen-bond acceptors (Lipinski definition) is 3. The van der Waals surface area contributed by atoms with Crippen molar-refractivity contribution in [3.63, 3.8) is 0 Å². The first-order chi connectivity index (χ1) is 8.45. The molecule has 0 saturated heterocycles. The molecule has 1 atom stereocenters. The number of para-hydroxylation sites is 1. The first-order valence-electron chi connectivity index (χ1n) is 5.39. The van der Waals surface area contributed by atoms with Crippen molar-refractivity contribution in [2.24, 2.45) is 0 Å². The van der Waals surface area contributed by atoms with Crippen molar-refractivity contribution < 1.29 is 14.0 Å². The third-order valence-corrected chi connectivity index (χ3v) is 2.71. The number of thiol groups is 1. The van der Waals surface area contributed by atoms with Crippen molar-refractivity contribution in [1.82, 2.24) is 5.32 Å². The third-order valence-electron chi connectivity index (χ3n) is 2.35. The van der Waals surface area contributed by atoms with Crippen molar-refractivity contribution in [2.45, 2.75) is 19.9 Å². The minimum absolute atomic E-state index is 0.125. The van der Waals surface area contributed by atoms with Crippen molar-refractivity contribution in [2.75, 3.05) is 11.1 Å². The lowest BCUT2D eigenvalue weighted by molar-refractivity contribution is -0.124. The third kappa shape index (κ3) is 3.73. The van der Waals surface area contributed by atoms with Gasteiger partial charge < -0.3 is 10.6 Å². The Balaban J connectivity index is 2.83. The Kier molecular flexibility index (Phi) is 5.15. The minimum atomic E-state index is -0.787. The molecule has 2 N–H and O–H groups in total. The van der Waals surface area contributed by atoms with E-state index in [9.17, 15) is 14.0 Å². The number of hydrogen-bond donors (Lipinski definition) is 3. The molecule has 1 rings (SSSR count). The molecule has 6 heteroatoms. The molecule has 1 aromatic rings. The van der Waals surface area contributed by atoms with Gasteiger partial charge >= 0.3 is 0 Å². The molecule has 4 nitrogen and oxygen atoms in total. The smallest absolute Gasteiger partial charge is 0.247 e. The number of halogens is 1. The SMILES string of the molecule is CC(=O)NC(CS)C(=O)Nc1c(C)cccc1F. The highest BCUT2D eigenvalue weighted by Crippen LogP contribution is 2.18. The molecular weight excluding hydrogens is 255 g/mol. The number of carbonyl (C=O) groups excluding carboxylic acids is 2. The molecule has 0 radical (unpaired) electrons. The van der Waals surface area contributed by atoms with Crippen LogP contribution < -0.4 is 10.6 Å². The molecule has 0 aliphatic rings. The maximum atomic E-state index is 13.5. The van der Waals surface area contributed by atoms with Crippen LogP contribution in [0, 0.1) is 12.7 Å². The molecule has 0 heterocycles.